The molecule has 0 aliphatic heterocycles. The van der Waals surface area contributed by atoms with Gasteiger partial charge in [0, 0.05) is 0 Å². The Labute approximate surface area is 47.6 Å². The Morgan fingerprint density at radius 1 is 1.62 bits per heavy atom. The molecule has 1 nitrogen and oxygen atoms in total. The molecule has 0 rings (SSSR count). The second kappa shape index (κ2) is 3.78. The van der Waals surface area contributed by atoms with Crippen LogP contribution in [0.15, 0.2) is 0 Å². The summed E-state index contributed by atoms with van der Waals surface area (Å²) in [6.45, 7) is 4.24. The maximum Gasteiger partial charge on any atom is 0.230 e. The van der Waals surface area contributed by atoms with Crippen molar-refractivity contribution in [2.75, 3.05) is 6.61 Å². The average molecular weight is 123 g/mol. The molecule has 0 amide bonds. The Bertz CT molecular complexity index is 56.4. The lowest BCUT2D eigenvalue weighted by atomic mass is 10.4. The molecule has 0 aromatic rings. The predicted octanol–water partition coefficient (Wildman–Crippen LogP) is 1.49. The molecule has 0 heterocycles. The van der Waals surface area contributed by atoms with Gasteiger partial charge < -0.3 is 4.74 Å². The van der Waals surface area contributed by atoms with E-state index in [0.717, 1.165) is 6.92 Å². The van der Waals surface area contributed by atoms with Crippen molar-refractivity contribution >= 4 is 0 Å². The molecule has 1 radical (unpaired) electrons. The van der Waals surface area contributed by atoms with E-state index in [-0.39, 0.29) is 6.61 Å². The fourth-order valence-corrected chi connectivity index (χ4v) is 0.245. The molecular formula is C5H9F2O. The van der Waals surface area contributed by atoms with Crippen molar-refractivity contribution in [2.24, 2.45) is 0 Å². The molecule has 3 heteroatoms. The van der Waals surface area contributed by atoms with Gasteiger partial charge in [0.1, 0.15) is 0 Å². The number of hydrogen-bond donors (Lipinski definition) is 0. The molecule has 49 valence electrons. The van der Waals surface area contributed by atoms with Crippen LogP contribution in [0.1, 0.15) is 6.92 Å². The summed E-state index contributed by atoms with van der Waals surface area (Å²) >= 11 is 0. The van der Waals surface area contributed by atoms with Gasteiger partial charge in [0.25, 0.3) is 0 Å². The second-order valence-corrected chi connectivity index (χ2v) is 1.40. The van der Waals surface area contributed by atoms with Crippen LogP contribution in [-0.4, -0.2) is 19.1 Å². The lowest BCUT2D eigenvalue weighted by Gasteiger charge is -2.06. The molecule has 0 aliphatic carbocycles. The first kappa shape index (κ1) is 7.82. The summed E-state index contributed by atoms with van der Waals surface area (Å²) in [7, 11) is 0. The van der Waals surface area contributed by atoms with Gasteiger partial charge in [0.05, 0.1) is 6.61 Å². The van der Waals surface area contributed by atoms with Crippen molar-refractivity contribution < 1.29 is 13.5 Å². The fraction of sp³-hybridized carbons (Fsp3) is 0.800. The maximum absolute atomic E-state index is 11.9. The van der Waals surface area contributed by atoms with Crippen LogP contribution in [0.4, 0.5) is 8.78 Å². The summed E-state index contributed by atoms with van der Waals surface area (Å²) < 4.78 is 27.8. The molecule has 0 saturated heterocycles. The lowest BCUT2D eigenvalue weighted by molar-refractivity contribution is -0.0705. The number of rotatable bonds is 3. The third-order valence-corrected chi connectivity index (χ3v) is 0.638. The predicted molar refractivity (Wildman–Crippen MR) is 26.8 cm³/mol. The highest BCUT2D eigenvalue weighted by Gasteiger charge is 2.13. The highest BCUT2D eigenvalue weighted by atomic mass is 19.2. The van der Waals surface area contributed by atoms with Gasteiger partial charge in [-0.25, -0.2) is 8.78 Å². The zero-order valence-electron chi connectivity index (χ0n) is 4.73. The molecular weight excluding hydrogens is 114 g/mol. The van der Waals surface area contributed by atoms with E-state index in [4.69, 9.17) is 0 Å². The lowest BCUT2D eigenvalue weighted by Crippen LogP contribution is -2.16. The summed E-state index contributed by atoms with van der Waals surface area (Å²) in [4.78, 5) is 0. The van der Waals surface area contributed by atoms with Crippen LogP contribution in [0.2, 0.25) is 0 Å². The van der Waals surface area contributed by atoms with Crippen molar-refractivity contribution in [3.05, 3.63) is 6.92 Å². The number of halogens is 2. The average Bonchev–Trinajstić information content (AvgIpc) is 1.67. The molecule has 0 N–H and O–H groups in total. The highest BCUT2D eigenvalue weighted by Crippen LogP contribution is 2.02. The number of ether oxygens (including phenoxy) is 1. The van der Waals surface area contributed by atoms with Crippen LogP contribution in [-0.2, 0) is 4.74 Å². The Morgan fingerprint density at radius 2 is 2.12 bits per heavy atom. The molecule has 0 aromatic heterocycles. The van der Waals surface area contributed by atoms with E-state index in [0.29, 0.717) is 0 Å². The molecule has 0 aliphatic rings. The Balaban J connectivity index is 3.17. The minimum Gasteiger partial charge on any atom is -0.346 e. The minimum atomic E-state index is -1.81. The van der Waals surface area contributed by atoms with E-state index in [9.17, 15) is 8.78 Å². The normalized spacial score (nSPS) is 18.0. The molecule has 0 aromatic carbocycles. The van der Waals surface area contributed by atoms with Crippen LogP contribution in [0.25, 0.3) is 0 Å². The standard InChI is InChI=1S/C5H9F2O/c1-3-8-5(7)4(2)6/h4-5H,1,3H2,2H3. The third kappa shape index (κ3) is 2.91. The van der Waals surface area contributed by atoms with Gasteiger partial charge in [-0.15, -0.1) is 0 Å². The van der Waals surface area contributed by atoms with E-state index < -0.39 is 12.5 Å². The van der Waals surface area contributed by atoms with Gasteiger partial charge in [-0.1, -0.05) is 0 Å². The Morgan fingerprint density at radius 3 is 2.25 bits per heavy atom. The largest absolute Gasteiger partial charge is 0.346 e. The van der Waals surface area contributed by atoms with Crippen molar-refractivity contribution in [3.63, 3.8) is 0 Å². The van der Waals surface area contributed by atoms with Gasteiger partial charge in [-0.05, 0) is 13.8 Å². The zero-order valence-corrected chi connectivity index (χ0v) is 4.73. The molecule has 0 fully saturated rings. The van der Waals surface area contributed by atoms with Gasteiger partial charge in [0.15, 0.2) is 6.17 Å². The van der Waals surface area contributed by atoms with Crippen molar-refractivity contribution in [2.45, 2.75) is 19.5 Å². The molecule has 2 atom stereocenters. The molecule has 8 heavy (non-hydrogen) atoms. The van der Waals surface area contributed by atoms with Crippen LogP contribution in [0, 0.1) is 6.92 Å². The third-order valence-electron chi connectivity index (χ3n) is 0.638. The van der Waals surface area contributed by atoms with Crippen molar-refractivity contribution in [1.29, 1.82) is 0 Å². The quantitative estimate of drug-likeness (QED) is 0.552. The fourth-order valence-electron chi connectivity index (χ4n) is 0.245. The Hall–Kier alpha value is -0.180. The first-order valence-corrected chi connectivity index (χ1v) is 2.37. The smallest absolute Gasteiger partial charge is 0.230 e. The van der Waals surface area contributed by atoms with Crippen LogP contribution in [0.5, 0.6) is 0 Å². The van der Waals surface area contributed by atoms with Crippen molar-refractivity contribution in [3.8, 4) is 0 Å². The van der Waals surface area contributed by atoms with E-state index in [1.807, 2.05) is 0 Å². The SMILES string of the molecule is [CH2]COC(F)C(C)F. The van der Waals surface area contributed by atoms with E-state index >= 15 is 0 Å². The van der Waals surface area contributed by atoms with Crippen LogP contribution >= 0.6 is 0 Å². The first-order valence-electron chi connectivity index (χ1n) is 2.37. The van der Waals surface area contributed by atoms with E-state index in [2.05, 4.69) is 11.7 Å². The maximum atomic E-state index is 11.9. The summed E-state index contributed by atoms with van der Waals surface area (Å²) in [5, 5.41) is 0. The molecule has 0 saturated carbocycles. The summed E-state index contributed by atoms with van der Waals surface area (Å²) in [6, 6.07) is 0. The van der Waals surface area contributed by atoms with Crippen LogP contribution < -0.4 is 0 Å². The number of alkyl halides is 2. The Kier molecular flexibility index (Phi) is 3.69. The minimum absolute atomic E-state index is 0.0323. The number of hydrogen-bond acceptors (Lipinski definition) is 1. The van der Waals surface area contributed by atoms with Gasteiger partial charge >= 0.3 is 0 Å². The van der Waals surface area contributed by atoms with Gasteiger partial charge in [0.2, 0.25) is 6.36 Å². The molecule has 0 bridgehead atoms. The van der Waals surface area contributed by atoms with E-state index in [1.165, 1.54) is 0 Å². The molecule has 0 spiro atoms. The zero-order chi connectivity index (χ0) is 6.57. The van der Waals surface area contributed by atoms with Gasteiger partial charge in [-0.3, -0.25) is 0 Å². The highest BCUT2D eigenvalue weighted by molar-refractivity contribution is 4.50. The topological polar surface area (TPSA) is 9.23 Å². The van der Waals surface area contributed by atoms with E-state index in [1.54, 1.807) is 0 Å². The summed E-state index contributed by atoms with van der Waals surface area (Å²) in [5.41, 5.74) is 0. The second-order valence-electron chi connectivity index (χ2n) is 1.40. The monoisotopic (exact) mass is 123 g/mol. The van der Waals surface area contributed by atoms with Gasteiger partial charge in [-0.2, -0.15) is 0 Å². The summed E-state index contributed by atoms with van der Waals surface area (Å²) in [5.74, 6) is 0. The summed E-state index contributed by atoms with van der Waals surface area (Å²) in [6.07, 6.45) is -3.37. The first-order chi connectivity index (χ1) is 3.68. The molecule has 2 unspecified atom stereocenters. The van der Waals surface area contributed by atoms with Crippen molar-refractivity contribution in [1.82, 2.24) is 0 Å². The van der Waals surface area contributed by atoms with Crippen LogP contribution in [0.3, 0.4) is 0 Å².